The minimum Gasteiger partial charge on any atom is -0.356 e. The first-order chi connectivity index (χ1) is 12.1. The van der Waals surface area contributed by atoms with Gasteiger partial charge in [-0.1, -0.05) is 23.7 Å². The van der Waals surface area contributed by atoms with Crippen molar-refractivity contribution in [3.05, 3.63) is 34.9 Å². The molecule has 0 atom stereocenters. The Morgan fingerprint density at radius 1 is 1.20 bits per heavy atom. The summed E-state index contributed by atoms with van der Waals surface area (Å²) in [6.45, 7) is 7.72. The molecule has 25 heavy (non-hydrogen) atoms. The van der Waals surface area contributed by atoms with Gasteiger partial charge in [-0.3, -0.25) is 14.7 Å². The molecule has 0 saturated carbocycles. The number of carbonyl (C=O) groups excluding carboxylic acids is 1. The normalized spacial score (nSPS) is 16.0. The van der Waals surface area contributed by atoms with Crippen molar-refractivity contribution in [3.8, 4) is 0 Å². The fourth-order valence-electron chi connectivity index (χ4n) is 2.86. The second kappa shape index (κ2) is 10.3. The smallest absolute Gasteiger partial charge is 0.219 e. The largest absolute Gasteiger partial charge is 0.356 e. The number of hydrogen-bond donors (Lipinski definition) is 2. The predicted molar refractivity (Wildman–Crippen MR) is 103 cm³/mol. The van der Waals surface area contributed by atoms with Gasteiger partial charge in [-0.05, 0) is 24.1 Å². The Bertz CT molecular complexity index is 585. The zero-order valence-corrected chi connectivity index (χ0v) is 15.9. The average Bonchev–Trinajstić information content (AvgIpc) is 2.61. The van der Waals surface area contributed by atoms with Crippen LogP contribution in [0.5, 0.6) is 0 Å². The summed E-state index contributed by atoms with van der Waals surface area (Å²) in [5, 5.41) is 7.43. The van der Waals surface area contributed by atoms with Crippen LogP contribution >= 0.6 is 11.6 Å². The topological polar surface area (TPSA) is 60.0 Å². The molecule has 1 aromatic carbocycles. The van der Waals surface area contributed by atoms with E-state index in [0.717, 1.165) is 63.2 Å². The number of hydrogen-bond acceptors (Lipinski definition) is 3. The molecule has 0 aliphatic carbocycles. The zero-order chi connectivity index (χ0) is 18.1. The minimum absolute atomic E-state index is 0.169. The number of halogens is 1. The summed E-state index contributed by atoms with van der Waals surface area (Å²) >= 11 is 6.00. The summed E-state index contributed by atoms with van der Waals surface area (Å²) in [7, 11) is 1.78. The number of rotatable bonds is 6. The molecule has 0 unspecified atom stereocenters. The monoisotopic (exact) mass is 365 g/mol. The van der Waals surface area contributed by atoms with E-state index in [1.807, 2.05) is 23.1 Å². The van der Waals surface area contributed by atoms with Gasteiger partial charge in [0.25, 0.3) is 0 Å². The van der Waals surface area contributed by atoms with E-state index in [1.165, 1.54) is 5.56 Å². The van der Waals surface area contributed by atoms with Crippen molar-refractivity contribution in [1.29, 1.82) is 0 Å². The quantitative estimate of drug-likeness (QED) is 0.587. The third-order valence-corrected chi connectivity index (χ3v) is 4.59. The Balaban J connectivity index is 1.61. The van der Waals surface area contributed by atoms with Crippen molar-refractivity contribution in [1.82, 2.24) is 20.4 Å². The van der Waals surface area contributed by atoms with Crippen LogP contribution in [-0.2, 0) is 11.2 Å². The first kappa shape index (κ1) is 19.5. The number of aliphatic imine (C=N–C) groups is 1. The third-order valence-electron chi connectivity index (χ3n) is 4.36. The maximum absolute atomic E-state index is 11.3. The van der Waals surface area contributed by atoms with Gasteiger partial charge in [0.1, 0.15) is 0 Å². The second-order valence-corrected chi connectivity index (χ2v) is 6.59. The van der Waals surface area contributed by atoms with Crippen molar-refractivity contribution in [2.45, 2.75) is 13.3 Å². The molecule has 0 bridgehead atoms. The summed E-state index contributed by atoms with van der Waals surface area (Å²) < 4.78 is 0. The van der Waals surface area contributed by atoms with Crippen LogP contribution < -0.4 is 10.6 Å². The molecule has 1 amide bonds. The van der Waals surface area contributed by atoms with Crippen molar-refractivity contribution in [2.75, 3.05) is 52.9 Å². The van der Waals surface area contributed by atoms with Crippen LogP contribution in [0, 0.1) is 0 Å². The number of carbonyl (C=O) groups is 1. The van der Waals surface area contributed by atoms with E-state index in [4.69, 9.17) is 11.6 Å². The fraction of sp³-hybridized carbons (Fsp3) is 0.556. The van der Waals surface area contributed by atoms with Crippen LogP contribution in [0.3, 0.4) is 0 Å². The molecule has 0 spiro atoms. The van der Waals surface area contributed by atoms with E-state index in [0.29, 0.717) is 0 Å². The van der Waals surface area contributed by atoms with E-state index in [-0.39, 0.29) is 5.91 Å². The molecule has 2 rings (SSSR count). The lowest BCUT2D eigenvalue weighted by Crippen LogP contribution is -2.50. The number of nitrogens with one attached hydrogen (secondary N) is 2. The lowest BCUT2D eigenvalue weighted by atomic mass is 10.1. The Morgan fingerprint density at radius 2 is 1.92 bits per heavy atom. The van der Waals surface area contributed by atoms with Crippen LogP contribution in [0.4, 0.5) is 0 Å². The molecular formula is C18H28ClN5O. The van der Waals surface area contributed by atoms with Crippen LogP contribution in [0.15, 0.2) is 29.3 Å². The molecule has 1 aliphatic rings. The van der Waals surface area contributed by atoms with Gasteiger partial charge in [-0.2, -0.15) is 0 Å². The Labute approximate surface area is 155 Å². The summed E-state index contributed by atoms with van der Waals surface area (Å²) in [6, 6.07) is 7.91. The molecule has 1 aromatic rings. The lowest BCUT2D eigenvalue weighted by Gasteiger charge is -2.34. The highest BCUT2D eigenvalue weighted by Gasteiger charge is 2.17. The molecule has 2 N–H and O–H groups in total. The van der Waals surface area contributed by atoms with Crippen molar-refractivity contribution in [3.63, 3.8) is 0 Å². The second-order valence-electron chi connectivity index (χ2n) is 6.15. The van der Waals surface area contributed by atoms with Gasteiger partial charge in [-0.15, -0.1) is 0 Å². The Hall–Kier alpha value is -1.79. The molecule has 0 radical (unpaired) electrons. The van der Waals surface area contributed by atoms with Gasteiger partial charge < -0.3 is 15.5 Å². The Kier molecular flexibility index (Phi) is 8.01. The third kappa shape index (κ3) is 6.92. The van der Waals surface area contributed by atoms with Gasteiger partial charge >= 0.3 is 0 Å². The standard InChI is InChI=1S/C18H28ClN5O/c1-15(25)24-12-10-23(11-13-24)9-8-22-18(20-2)21-7-6-16-4-3-5-17(19)14-16/h3-5,14H,6-13H2,1-2H3,(H2,20,21,22). The maximum Gasteiger partial charge on any atom is 0.219 e. The fourth-order valence-corrected chi connectivity index (χ4v) is 3.07. The van der Waals surface area contributed by atoms with Crippen LogP contribution in [-0.4, -0.2) is 74.5 Å². The van der Waals surface area contributed by atoms with Gasteiger partial charge in [0.05, 0.1) is 0 Å². The first-order valence-electron chi connectivity index (χ1n) is 8.75. The molecular weight excluding hydrogens is 338 g/mol. The van der Waals surface area contributed by atoms with Crippen LogP contribution in [0.1, 0.15) is 12.5 Å². The molecule has 1 fully saturated rings. The predicted octanol–water partition coefficient (Wildman–Crippen LogP) is 1.21. The van der Waals surface area contributed by atoms with Crippen molar-refractivity contribution >= 4 is 23.5 Å². The van der Waals surface area contributed by atoms with Gasteiger partial charge in [0, 0.05) is 64.8 Å². The molecule has 0 aromatic heterocycles. The van der Waals surface area contributed by atoms with Crippen molar-refractivity contribution < 1.29 is 4.79 Å². The summed E-state index contributed by atoms with van der Waals surface area (Å²) in [5.74, 6) is 0.978. The molecule has 6 nitrogen and oxygen atoms in total. The zero-order valence-electron chi connectivity index (χ0n) is 15.1. The highest BCUT2D eigenvalue weighted by Crippen LogP contribution is 2.10. The number of nitrogens with zero attached hydrogens (tertiary/aromatic N) is 3. The lowest BCUT2D eigenvalue weighted by molar-refractivity contribution is -0.130. The van der Waals surface area contributed by atoms with E-state index < -0.39 is 0 Å². The highest BCUT2D eigenvalue weighted by molar-refractivity contribution is 6.30. The number of guanidine groups is 1. The van der Waals surface area contributed by atoms with E-state index in [2.05, 4.69) is 26.6 Å². The van der Waals surface area contributed by atoms with E-state index in [1.54, 1.807) is 14.0 Å². The minimum atomic E-state index is 0.169. The summed E-state index contributed by atoms with van der Waals surface area (Å²) in [4.78, 5) is 19.9. The van der Waals surface area contributed by atoms with E-state index >= 15 is 0 Å². The summed E-state index contributed by atoms with van der Waals surface area (Å²) in [6.07, 6.45) is 0.897. The van der Waals surface area contributed by atoms with Gasteiger partial charge in [-0.25, -0.2) is 0 Å². The molecule has 1 heterocycles. The number of benzene rings is 1. The summed E-state index contributed by atoms with van der Waals surface area (Å²) in [5.41, 5.74) is 1.21. The molecule has 1 aliphatic heterocycles. The average molecular weight is 366 g/mol. The first-order valence-corrected chi connectivity index (χ1v) is 9.13. The number of amides is 1. The molecule has 138 valence electrons. The van der Waals surface area contributed by atoms with E-state index in [9.17, 15) is 4.79 Å². The Morgan fingerprint density at radius 3 is 2.56 bits per heavy atom. The number of piperazine rings is 1. The van der Waals surface area contributed by atoms with Crippen molar-refractivity contribution in [2.24, 2.45) is 4.99 Å². The molecule has 1 saturated heterocycles. The SMILES string of the molecule is CN=C(NCCc1cccc(Cl)c1)NCCN1CCN(C(C)=O)CC1. The van der Waals surface area contributed by atoms with Crippen LogP contribution in [0.25, 0.3) is 0 Å². The van der Waals surface area contributed by atoms with Crippen LogP contribution in [0.2, 0.25) is 5.02 Å². The highest BCUT2D eigenvalue weighted by atomic mass is 35.5. The maximum atomic E-state index is 11.3. The van der Waals surface area contributed by atoms with Gasteiger partial charge in [0.2, 0.25) is 5.91 Å². The molecule has 7 heteroatoms. The van der Waals surface area contributed by atoms with Gasteiger partial charge in [0.15, 0.2) is 5.96 Å².